The first-order valence-electron chi connectivity index (χ1n) is 5.80. The minimum atomic E-state index is 0.123. The summed E-state index contributed by atoms with van der Waals surface area (Å²) in [6, 6.07) is 8.51. The van der Waals surface area contributed by atoms with Crippen LogP contribution in [0.5, 0.6) is 6.01 Å². The van der Waals surface area contributed by atoms with Gasteiger partial charge in [0.1, 0.15) is 0 Å². The predicted molar refractivity (Wildman–Crippen MR) is 74.7 cm³/mol. The third-order valence-corrected chi connectivity index (χ3v) is 2.81. The lowest BCUT2D eigenvalue weighted by atomic mass is 10.1. The molecule has 0 atom stereocenters. The Morgan fingerprint density at radius 2 is 1.84 bits per heavy atom. The highest BCUT2D eigenvalue weighted by Crippen LogP contribution is 2.16. The summed E-state index contributed by atoms with van der Waals surface area (Å²) in [6.07, 6.45) is 0. The molecule has 0 aliphatic rings. The molecule has 0 fully saturated rings. The Labute approximate surface area is 117 Å². The number of ether oxygens (including phenoxy) is 1. The van der Waals surface area contributed by atoms with Crippen LogP contribution in [0.4, 0.5) is 5.95 Å². The Bertz CT molecular complexity index is 559. The van der Waals surface area contributed by atoms with Gasteiger partial charge in [0.05, 0.1) is 7.11 Å². The second-order valence-corrected chi connectivity index (χ2v) is 4.57. The minimum Gasteiger partial charge on any atom is -0.467 e. The molecule has 0 aliphatic heterocycles. The highest BCUT2D eigenvalue weighted by molar-refractivity contribution is 6.28. The number of nitrogens with zero attached hydrogens (tertiary/aromatic N) is 4. The zero-order chi connectivity index (χ0) is 13.8. The van der Waals surface area contributed by atoms with Gasteiger partial charge in [-0.1, -0.05) is 29.8 Å². The average molecular weight is 279 g/mol. The monoisotopic (exact) mass is 278 g/mol. The van der Waals surface area contributed by atoms with Crippen LogP contribution in [0.2, 0.25) is 5.28 Å². The Morgan fingerprint density at radius 3 is 2.47 bits per heavy atom. The molecule has 19 heavy (non-hydrogen) atoms. The van der Waals surface area contributed by atoms with Crippen molar-refractivity contribution in [2.24, 2.45) is 0 Å². The third kappa shape index (κ3) is 3.54. The number of aryl methyl sites for hydroxylation is 1. The van der Waals surface area contributed by atoms with Crippen molar-refractivity contribution >= 4 is 17.5 Å². The summed E-state index contributed by atoms with van der Waals surface area (Å²) in [7, 11) is 3.39. The number of halogens is 1. The van der Waals surface area contributed by atoms with E-state index < -0.39 is 0 Å². The fourth-order valence-electron chi connectivity index (χ4n) is 1.62. The van der Waals surface area contributed by atoms with Crippen molar-refractivity contribution < 1.29 is 4.74 Å². The highest BCUT2D eigenvalue weighted by atomic mass is 35.5. The van der Waals surface area contributed by atoms with E-state index in [-0.39, 0.29) is 11.3 Å². The van der Waals surface area contributed by atoms with E-state index in [1.807, 2.05) is 11.9 Å². The zero-order valence-corrected chi connectivity index (χ0v) is 11.8. The van der Waals surface area contributed by atoms with Gasteiger partial charge in [0, 0.05) is 13.6 Å². The maximum Gasteiger partial charge on any atom is 0.322 e. The van der Waals surface area contributed by atoms with Crippen LogP contribution in [-0.2, 0) is 6.54 Å². The first kappa shape index (κ1) is 13.5. The number of anilines is 1. The van der Waals surface area contributed by atoms with Crippen LogP contribution in [0.25, 0.3) is 0 Å². The summed E-state index contributed by atoms with van der Waals surface area (Å²) in [5, 5.41) is 0.123. The molecule has 0 unspecified atom stereocenters. The van der Waals surface area contributed by atoms with Gasteiger partial charge < -0.3 is 9.64 Å². The van der Waals surface area contributed by atoms with E-state index in [9.17, 15) is 0 Å². The van der Waals surface area contributed by atoms with Crippen LogP contribution in [0.3, 0.4) is 0 Å². The van der Waals surface area contributed by atoms with Gasteiger partial charge in [-0.2, -0.15) is 15.0 Å². The van der Waals surface area contributed by atoms with Crippen LogP contribution in [0.1, 0.15) is 11.1 Å². The molecule has 0 saturated heterocycles. The van der Waals surface area contributed by atoms with Gasteiger partial charge in [0.15, 0.2) is 0 Å². The molecule has 0 bridgehead atoms. The van der Waals surface area contributed by atoms with Crippen LogP contribution in [0, 0.1) is 6.92 Å². The summed E-state index contributed by atoms with van der Waals surface area (Å²) in [4.78, 5) is 14.0. The van der Waals surface area contributed by atoms with E-state index in [1.54, 1.807) is 0 Å². The number of rotatable bonds is 4. The van der Waals surface area contributed by atoms with Gasteiger partial charge in [0.2, 0.25) is 11.2 Å². The quantitative estimate of drug-likeness (QED) is 0.860. The standard InChI is InChI=1S/C13H15ClN4O/c1-9-4-6-10(7-5-9)8-18(2)12-15-11(14)16-13(17-12)19-3/h4-7H,8H2,1-3H3. The molecule has 0 aliphatic carbocycles. The molecule has 1 aromatic heterocycles. The van der Waals surface area contributed by atoms with Gasteiger partial charge in [-0.15, -0.1) is 0 Å². The van der Waals surface area contributed by atoms with Crippen LogP contribution in [0.15, 0.2) is 24.3 Å². The van der Waals surface area contributed by atoms with Crippen LogP contribution in [-0.4, -0.2) is 29.1 Å². The fourth-order valence-corrected chi connectivity index (χ4v) is 1.77. The fraction of sp³-hybridized carbons (Fsp3) is 0.308. The molecule has 1 heterocycles. The van der Waals surface area contributed by atoms with E-state index in [0.29, 0.717) is 12.5 Å². The maximum absolute atomic E-state index is 5.83. The van der Waals surface area contributed by atoms with Crippen molar-refractivity contribution in [2.45, 2.75) is 13.5 Å². The summed E-state index contributed by atoms with van der Waals surface area (Å²) < 4.78 is 4.98. The molecule has 0 spiro atoms. The first-order valence-corrected chi connectivity index (χ1v) is 6.18. The molecular weight excluding hydrogens is 264 g/mol. The molecule has 5 nitrogen and oxygen atoms in total. The average Bonchev–Trinajstić information content (AvgIpc) is 2.40. The van der Waals surface area contributed by atoms with Gasteiger partial charge in [0.25, 0.3) is 0 Å². The number of hydrogen-bond acceptors (Lipinski definition) is 5. The van der Waals surface area contributed by atoms with Gasteiger partial charge in [-0.25, -0.2) is 0 Å². The minimum absolute atomic E-state index is 0.123. The predicted octanol–water partition coefficient (Wildman–Crippen LogP) is 2.48. The lowest BCUT2D eigenvalue weighted by Crippen LogP contribution is -2.19. The van der Waals surface area contributed by atoms with Gasteiger partial charge in [-0.3, -0.25) is 0 Å². The zero-order valence-electron chi connectivity index (χ0n) is 11.1. The maximum atomic E-state index is 5.83. The summed E-state index contributed by atoms with van der Waals surface area (Å²) in [5.41, 5.74) is 2.40. The second kappa shape index (κ2) is 5.84. The topological polar surface area (TPSA) is 51.1 Å². The lowest BCUT2D eigenvalue weighted by Gasteiger charge is -2.17. The van der Waals surface area contributed by atoms with Crippen molar-refractivity contribution in [1.29, 1.82) is 0 Å². The molecule has 6 heteroatoms. The van der Waals surface area contributed by atoms with Crippen molar-refractivity contribution in [2.75, 3.05) is 19.1 Å². The smallest absolute Gasteiger partial charge is 0.322 e. The van der Waals surface area contributed by atoms with Crippen molar-refractivity contribution in [3.63, 3.8) is 0 Å². The number of aromatic nitrogens is 3. The van der Waals surface area contributed by atoms with Crippen LogP contribution >= 0.6 is 11.6 Å². The van der Waals surface area contributed by atoms with E-state index >= 15 is 0 Å². The Balaban J connectivity index is 2.17. The molecule has 0 saturated carbocycles. The lowest BCUT2D eigenvalue weighted by molar-refractivity contribution is 0.378. The molecule has 0 N–H and O–H groups in total. The second-order valence-electron chi connectivity index (χ2n) is 4.23. The van der Waals surface area contributed by atoms with Gasteiger partial charge in [-0.05, 0) is 24.1 Å². The third-order valence-electron chi connectivity index (χ3n) is 2.64. The van der Waals surface area contributed by atoms with E-state index in [0.717, 1.165) is 0 Å². The number of hydrogen-bond donors (Lipinski definition) is 0. The number of benzene rings is 1. The molecular formula is C13H15ClN4O. The van der Waals surface area contributed by atoms with E-state index in [1.165, 1.54) is 18.2 Å². The Hall–Kier alpha value is -1.88. The van der Waals surface area contributed by atoms with Crippen LogP contribution < -0.4 is 9.64 Å². The van der Waals surface area contributed by atoms with Gasteiger partial charge >= 0.3 is 6.01 Å². The van der Waals surface area contributed by atoms with Crippen molar-refractivity contribution in [3.05, 3.63) is 40.7 Å². The number of methoxy groups -OCH3 is 1. The highest BCUT2D eigenvalue weighted by Gasteiger charge is 2.10. The summed E-state index contributed by atoms with van der Waals surface area (Å²) in [5.74, 6) is 0.484. The molecule has 0 amide bonds. The Kier molecular flexibility index (Phi) is 4.16. The van der Waals surface area contributed by atoms with Crippen molar-refractivity contribution in [1.82, 2.24) is 15.0 Å². The SMILES string of the molecule is COc1nc(Cl)nc(N(C)Cc2ccc(C)cc2)n1. The first-order chi connectivity index (χ1) is 9.08. The molecule has 2 rings (SSSR count). The summed E-state index contributed by atoms with van der Waals surface area (Å²) in [6.45, 7) is 2.74. The summed E-state index contributed by atoms with van der Waals surface area (Å²) >= 11 is 5.83. The molecule has 2 aromatic rings. The van der Waals surface area contributed by atoms with E-state index in [2.05, 4.69) is 46.1 Å². The molecule has 100 valence electrons. The largest absolute Gasteiger partial charge is 0.467 e. The molecule has 0 radical (unpaired) electrons. The molecule has 1 aromatic carbocycles. The van der Waals surface area contributed by atoms with Crippen molar-refractivity contribution in [3.8, 4) is 6.01 Å². The van der Waals surface area contributed by atoms with E-state index in [4.69, 9.17) is 16.3 Å². The normalized spacial score (nSPS) is 10.3. The Morgan fingerprint density at radius 1 is 1.16 bits per heavy atom.